The van der Waals surface area contributed by atoms with Crippen molar-refractivity contribution >= 4 is 27.2 Å². The molecule has 3 N–H and O–H groups in total. The van der Waals surface area contributed by atoms with E-state index >= 15 is 0 Å². The first-order valence-corrected chi connectivity index (χ1v) is 14.6. The Morgan fingerprint density at radius 2 is 1.74 bits per heavy atom. The van der Waals surface area contributed by atoms with Gasteiger partial charge in [0.1, 0.15) is 23.1 Å². The van der Waals surface area contributed by atoms with Gasteiger partial charge in [-0.05, 0) is 56.0 Å². The Hall–Kier alpha value is -3.90. The largest absolute Gasteiger partial charge is 0.387 e. The molecule has 2 fully saturated rings. The summed E-state index contributed by atoms with van der Waals surface area (Å²) >= 11 is 0. The Kier molecular flexibility index (Phi) is 6.11. The minimum absolute atomic E-state index is 0.0131. The molecule has 202 valence electrons. The van der Waals surface area contributed by atoms with Gasteiger partial charge in [0.25, 0.3) is 0 Å². The molecule has 10 nitrogen and oxygen atoms in total. The Morgan fingerprint density at radius 1 is 1.08 bits per heavy atom. The topological polar surface area (TPSA) is 144 Å². The van der Waals surface area contributed by atoms with E-state index in [-0.39, 0.29) is 40.4 Å². The third-order valence-electron chi connectivity index (χ3n) is 7.79. The molecule has 2 aliphatic rings. The number of rotatable bonds is 5. The van der Waals surface area contributed by atoms with E-state index in [1.165, 1.54) is 16.6 Å². The molecule has 3 atom stereocenters. The van der Waals surface area contributed by atoms with E-state index in [0.29, 0.717) is 41.0 Å². The van der Waals surface area contributed by atoms with Crippen LogP contribution in [0.2, 0.25) is 0 Å². The van der Waals surface area contributed by atoms with Gasteiger partial charge >= 0.3 is 0 Å². The molecule has 5 heterocycles. The van der Waals surface area contributed by atoms with E-state index in [1.54, 1.807) is 29.4 Å². The van der Waals surface area contributed by atoms with Gasteiger partial charge in [-0.25, -0.2) is 17.8 Å². The second kappa shape index (κ2) is 9.38. The summed E-state index contributed by atoms with van der Waals surface area (Å²) in [7, 11) is -3.76. The average Bonchev–Trinajstić information content (AvgIpc) is 3.46. The van der Waals surface area contributed by atoms with Gasteiger partial charge < -0.3 is 15.7 Å². The number of fused-ring (bicyclic) bond motifs is 3. The first-order valence-electron chi connectivity index (χ1n) is 12.7. The fourth-order valence-electron chi connectivity index (χ4n) is 6.11. The minimum Gasteiger partial charge on any atom is -0.387 e. The zero-order chi connectivity index (χ0) is 27.5. The molecular weight excluding hydrogens is 523 g/mol. The lowest BCUT2D eigenvalue weighted by molar-refractivity contribution is -0.138. The van der Waals surface area contributed by atoms with Gasteiger partial charge in [-0.3, -0.25) is 9.78 Å². The van der Waals surface area contributed by atoms with Crippen LogP contribution in [0, 0.1) is 5.82 Å². The Labute approximate surface area is 224 Å². The zero-order valence-electron chi connectivity index (χ0n) is 21.2. The number of carbonyl (C=O) groups is 1. The van der Waals surface area contributed by atoms with E-state index in [2.05, 4.69) is 10.1 Å². The fourth-order valence-corrected chi connectivity index (χ4v) is 7.17. The van der Waals surface area contributed by atoms with E-state index < -0.39 is 16.4 Å². The molecule has 1 aromatic carbocycles. The summed E-state index contributed by atoms with van der Waals surface area (Å²) in [6.07, 6.45) is 7.00. The van der Waals surface area contributed by atoms with E-state index in [4.69, 9.17) is 10.7 Å². The number of sulfone groups is 1. The summed E-state index contributed by atoms with van der Waals surface area (Å²) < 4.78 is 40.5. The number of hydrogen-bond acceptors (Lipinski definition) is 8. The number of nitrogens with two attached hydrogens (primary N) is 1. The lowest BCUT2D eigenvalue weighted by Gasteiger charge is -2.39. The third kappa shape index (κ3) is 4.33. The van der Waals surface area contributed by atoms with Crippen molar-refractivity contribution in [3.8, 4) is 22.4 Å². The molecule has 1 amide bonds. The van der Waals surface area contributed by atoms with Gasteiger partial charge in [-0.1, -0.05) is 6.07 Å². The third-order valence-corrected chi connectivity index (χ3v) is 8.95. The lowest BCUT2D eigenvalue weighted by Crippen LogP contribution is -2.47. The van der Waals surface area contributed by atoms with Crippen molar-refractivity contribution in [3.63, 3.8) is 0 Å². The van der Waals surface area contributed by atoms with Crippen LogP contribution in [-0.4, -0.2) is 68.9 Å². The molecule has 3 aromatic heterocycles. The standard InChI is InChI=1S/C27H27FN6O4S/c1-39(37,38)25-24(17-10-19-7-8-20(11-17)33(19)23(36)14-35)32-27-21(13-31-34(27)26(25)29)16-4-9-22(30-12-16)15-2-5-18(28)6-3-15/h2-6,9,12-13,17,19-20,35H,7-8,10-11,14,29H2,1H3/t17-,19+,20-. The van der Waals surface area contributed by atoms with Crippen molar-refractivity contribution in [2.75, 3.05) is 18.6 Å². The summed E-state index contributed by atoms with van der Waals surface area (Å²) in [5.41, 5.74) is 10.0. The van der Waals surface area contributed by atoms with Crippen LogP contribution in [0.1, 0.15) is 37.3 Å². The summed E-state index contributed by atoms with van der Waals surface area (Å²) in [4.78, 5) is 23.4. The van der Waals surface area contributed by atoms with Crippen LogP contribution in [0.3, 0.4) is 0 Å². The van der Waals surface area contributed by atoms with Gasteiger partial charge in [0.2, 0.25) is 5.91 Å². The lowest BCUT2D eigenvalue weighted by atomic mass is 9.87. The van der Waals surface area contributed by atoms with Gasteiger partial charge in [0.15, 0.2) is 15.5 Å². The number of nitrogen functional groups attached to an aromatic ring is 1. The van der Waals surface area contributed by atoms with Gasteiger partial charge in [0.05, 0.1) is 17.6 Å². The van der Waals surface area contributed by atoms with Crippen molar-refractivity contribution in [1.82, 2.24) is 24.5 Å². The van der Waals surface area contributed by atoms with Crippen LogP contribution in [0.25, 0.3) is 28.0 Å². The zero-order valence-corrected chi connectivity index (χ0v) is 22.0. The molecule has 39 heavy (non-hydrogen) atoms. The molecule has 2 saturated heterocycles. The number of benzene rings is 1. The molecule has 2 aliphatic heterocycles. The molecule has 12 heteroatoms. The number of amides is 1. The van der Waals surface area contributed by atoms with Crippen LogP contribution < -0.4 is 5.73 Å². The SMILES string of the molecule is CS(=O)(=O)c1c([C@H]2C[C@H]3CC[C@@H](C2)N3C(=O)CO)nc2c(-c3ccc(-c4ccc(F)cc4)nc3)cnn2c1N. The van der Waals surface area contributed by atoms with E-state index in [9.17, 15) is 22.7 Å². The molecule has 0 unspecified atom stereocenters. The summed E-state index contributed by atoms with van der Waals surface area (Å²) in [6.45, 7) is -0.545. The van der Waals surface area contributed by atoms with Crippen LogP contribution >= 0.6 is 0 Å². The summed E-state index contributed by atoms with van der Waals surface area (Å²) in [6, 6.07) is 9.54. The maximum absolute atomic E-state index is 13.3. The first kappa shape index (κ1) is 25.4. The number of aliphatic hydroxyl groups is 1. The summed E-state index contributed by atoms with van der Waals surface area (Å²) in [5, 5.41) is 13.8. The number of nitrogens with zero attached hydrogens (tertiary/aromatic N) is 5. The van der Waals surface area contributed by atoms with Crippen molar-refractivity contribution in [1.29, 1.82) is 0 Å². The monoisotopic (exact) mass is 550 g/mol. The number of aliphatic hydroxyl groups excluding tert-OH is 1. The molecule has 2 bridgehead atoms. The predicted octanol–water partition coefficient (Wildman–Crippen LogP) is 2.81. The van der Waals surface area contributed by atoms with Gasteiger partial charge in [-0.15, -0.1) is 0 Å². The summed E-state index contributed by atoms with van der Waals surface area (Å²) in [5.74, 6) is -0.875. The second-order valence-corrected chi connectivity index (χ2v) is 12.2. The number of halogens is 1. The highest BCUT2D eigenvalue weighted by Gasteiger charge is 2.45. The van der Waals surface area contributed by atoms with Crippen LogP contribution in [0.5, 0.6) is 0 Å². The highest BCUT2D eigenvalue weighted by Crippen LogP contribution is 2.45. The van der Waals surface area contributed by atoms with Gasteiger partial charge in [0, 0.05) is 47.1 Å². The highest BCUT2D eigenvalue weighted by atomic mass is 32.2. The maximum atomic E-state index is 13.3. The smallest absolute Gasteiger partial charge is 0.248 e. The number of pyridine rings is 1. The number of aromatic nitrogens is 4. The number of hydrogen-bond donors (Lipinski definition) is 2. The van der Waals surface area contributed by atoms with Crippen molar-refractivity contribution in [2.24, 2.45) is 0 Å². The first-order chi connectivity index (χ1) is 18.7. The quantitative estimate of drug-likeness (QED) is 0.386. The van der Waals surface area contributed by atoms with Crippen LogP contribution in [-0.2, 0) is 14.6 Å². The predicted molar refractivity (Wildman–Crippen MR) is 142 cm³/mol. The molecule has 6 rings (SSSR count). The maximum Gasteiger partial charge on any atom is 0.248 e. The molecule has 0 aliphatic carbocycles. The molecule has 0 radical (unpaired) electrons. The van der Waals surface area contributed by atoms with Crippen LogP contribution in [0.15, 0.2) is 53.7 Å². The van der Waals surface area contributed by atoms with Crippen molar-refractivity contribution in [3.05, 3.63) is 60.3 Å². The van der Waals surface area contributed by atoms with Crippen molar-refractivity contribution in [2.45, 2.75) is 48.6 Å². The average molecular weight is 551 g/mol. The molecule has 0 saturated carbocycles. The number of anilines is 1. The second-order valence-electron chi connectivity index (χ2n) is 10.2. The van der Waals surface area contributed by atoms with E-state index in [1.807, 2.05) is 12.1 Å². The highest BCUT2D eigenvalue weighted by molar-refractivity contribution is 7.91. The Bertz CT molecular complexity index is 1670. The Balaban J connectivity index is 1.43. The van der Waals surface area contributed by atoms with E-state index in [0.717, 1.165) is 24.7 Å². The normalized spacial score (nSPS) is 21.0. The molecule has 0 spiro atoms. The minimum atomic E-state index is -3.76. The Morgan fingerprint density at radius 3 is 2.33 bits per heavy atom. The molecular formula is C27H27FN6O4S. The molecule has 4 aromatic rings. The van der Waals surface area contributed by atoms with Crippen molar-refractivity contribution < 1.29 is 22.7 Å². The fraction of sp³-hybridized carbons (Fsp3) is 0.333. The number of carbonyl (C=O) groups excluding carboxylic acids is 1. The number of piperidine rings is 1. The van der Waals surface area contributed by atoms with Gasteiger partial charge in [-0.2, -0.15) is 9.61 Å². The van der Waals surface area contributed by atoms with Crippen LogP contribution in [0.4, 0.5) is 10.2 Å².